The van der Waals surface area contributed by atoms with Crippen molar-refractivity contribution in [3.63, 3.8) is 0 Å². The van der Waals surface area contributed by atoms with E-state index >= 15 is 0 Å². The third-order valence-corrected chi connectivity index (χ3v) is 5.98. The maximum Gasteiger partial charge on any atom is 0.305 e. The number of fused-ring (bicyclic) bond motifs is 1. The molecule has 0 aliphatic rings. The van der Waals surface area contributed by atoms with E-state index in [1.54, 1.807) is 36.4 Å². The lowest BCUT2D eigenvalue weighted by atomic mass is 10.1. The number of carboxylic acids is 1. The highest BCUT2D eigenvalue weighted by molar-refractivity contribution is 6.07. The average molecular weight is 500 g/mol. The summed E-state index contributed by atoms with van der Waals surface area (Å²) in [5.41, 5.74) is 9.76. The van der Waals surface area contributed by atoms with E-state index in [1.165, 1.54) is 4.90 Å². The van der Waals surface area contributed by atoms with Crippen molar-refractivity contribution in [3.8, 4) is 0 Å². The van der Waals surface area contributed by atoms with Gasteiger partial charge >= 0.3 is 5.97 Å². The molecule has 0 aliphatic heterocycles. The second-order valence-electron chi connectivity index (χ2n) is 8.56. The van der Waals surface area contributed by atoms with Crippen molar-refractivity contribution < 1.29 is 14.7 Å². The van der Waals surface area contributed by atoms with Gasteiger partial charge in [-0.3, -0.25) is 19.9 Å². The van der Waals surface area contributed by atoms with Crippen LogP contribution in [0.5, 0.6) is 0 Å². The third kappa shape index (κ3) is 5.75. The van der Waals surface area contributed by atoms with Crippen molar-refractivity contribution >= 4 is 40.3 Å². The molecule has 4 rings (SSSR count). The predicted molar refractivity (Wildman–Crippen MR) is 143 cm³/mol. The van der Waals surface area contributed by atoms with Gasteiger partial charge in [0.25, 0.3) is 5.91 Å². The molecule has 0 aliphatic carbocycles. The molecular formula is C27H29N7O3. The number of benzene rings is 2. The van der Waals surface area contributed by atoms with E-state index in [2.05, 4.69) is 14.9 Å². The number of anilines is 2. The minimum Gasteiger partial charge on any atom is -0.481 e. The van der Waals surface area contributed by atoms with Gasteiger partial charge in [0.15, 0.2) is 0 Å². The van der Waals surface area contributed by atoms with E-state index in [9.17, 15) is 14.7 Å². The van der Waals surface area contributed by atoms with Crippen LogP contribution in [0.25, 0.3) is 11.0 Å². The number of carboxylic acid groups (broad SMARTS) is 1. The number of imidazole rings is 1. The van der Waals surface area contributed by atoms with Crippen molar-refractivity contribution in [2.75, 3.05) is 16.8 Å². The van der Waals surface area contributed by atoms with Gasteiger partial charge in [-0.2, -0.15) is 0 Å². The molecule has 0 bridgehead atoms. The van der Waals surface area contributed by atoms with Crippen LogP contribution in [0.4, 0.5) is 11.5 Å². The van der Waals surface area contributed by atoms with Gasteiger partial charge in [-0.25, -0.2) is 9.97 Å². The van der Waals surface area contributed by atoms with E-state index in [0.29, 0.717) is 35.6 Å². The Kier molecular flexibility index (Phi) is 7.47. The highest BCUT2D eigenvalue weighted by Crippen LogP contribution is 2.22. The van der Waals surface area contributed by atoms with Gasteiger partial charge in [-0.05, 0) is 68.4 Å². The molecule has 2 aromatic carbocycles. The molecule has 4 aromatic rings. The molecule has 0 unspecified atom stereocenters. The van der Waals surface area contributed by atoms with Crippen molar-refractivity contribution in [2.45, 2.75) is 33.4 Å². The Bertz CT molecular complexity index is 1460. The van der Waals surface area contributed by atoms with Gasteiger partial charge in [0.05, 0.1) is 24.0 Å². The van der Waals surface area contributed by atoms with Crippen LogP contribution in [0.1, 0.15) is 40.8 Å². The number of amides is 1. The molecule has 2 heterocycles. The number of carbonyl (C=O) groups excluding carboxylic acids is 1. The Morgan fingerprint density at radius 3 is 2.46 bits per heavy atom. The minimum atomic E-state index is -0.990. The van der Waals surface area contributed by atoms with Crippen molar-refractivity contribution in [1.29, 1.82) is 5.41 Å². The number of carbonyl (C=O) groups is 2. The van der Waals surface area contributed by atoms with Gasteiger partial charge in [0, 0.05) is 35.6 Å². The average Bonchev–Trinajstić information content (AvgIpc) is 3.24. The zero-order valence-electron chi connectivity index (χ0n) is 20.7. The van der Waals surface area contributed by atoms with Crippen LogP contribution in [0.15, 0.2) is 60.7 Å². The van der Waals surface area contributed by atoms with E-state index in [1.807, 2.05) is 38.1 Å². The molecule has 190 valence electrons. The molecule has 0 saturated carbocycles. The summed E-state index contributed by atoms with van der Waals surface area (Å²) in [4.78, 5) is 35.3. The topological polar surface area (TPSA) is 150 Å². The first-order valence-electron chi connectivity index (χ1n) is 11.9. The van der Waals surface area contributed by atoms with Gasteiger partial charge in [-0.15, -0.1) is 0 Å². The summed E-state index contributed by atoms with van der Waals surface area (Å²) < 4.78 is 2.07. The Hall–Kier alpha value is -4.73. The van der Waals surface area contributed by atoms with E-state index in [4.69, 9.17) is 16.1 Å². The predicted octanol–water partition coefficient (Wildman–Crippen LogP) is 3.78. The molecule has 37 heavy (non-hydrogen) atoms. The molecule has 5 N–H and O–H groups in total. The van der Waals surface area contributed by atoms with Crippen molar-refractivity contribution in [3.05, 3.63) is 83.3 Å². The summed E-state index contributed by atoms with van der Waals surface area (Å²) >= 11 is 0. The molecule has 0 saturated heterocycles. The molecule has 0 fully saturated rings. The van der Waals surface area contributed by atoms with E-state index < -0.39 is 5.97 Å². The van der Waals surface area contributed by atoms with Crippen LogP contribution < -0.4 is 16.0 Å². The van der Waals surface area contributed by atoms with Gasteiger partial charge in [0.2, 0.25) is 0 Å². The third-order valence-electron chi connectivity index (χ3n) is 5.98. The van der Waals surface area contributed by atoms with Crippen LogP contribution in [0, 0.1) is 12.3 Å². The maximum absolute atomic E-state index is 13.5. The largest absolute Gasteiger partial charge is 0.481 e. The number of rotatable bonds is 10. The number of nitrogen functional groups attached to an aromatic ring is 1. The van der Waals surface area contributed by atoms with Gasteiger partial charge in [0.1, 0.15) is 17.5 Å². The second kappa shape index (κ2) is 10.9. The van der Waals surface area contributed by atoms with Gasteiger partial charge in [-0.1, -0.05) is 6.07 Å². The summed E-state index contributed by atoms with van der Waals surface area (Å²) in [6.07, 6.45) is -0.197. The van der Waals surface area contributed by atoms with E-state index in [-0.39, 0.29) is 24.7 Å². The SMILES string of the molecule is CCn1c(CNc2ccc(C(=N)N)cc2)nc2cc(C(=O)N(CCC(=O)O)c3cccc(C)n3)ccc21. The fourth-order valence-electron chi connectivity index (χ4n) is 4.11. The molecule has 10 nitrogen and oxygen atoms in total. The molecule has 10 heteroatoms. The van der Waals surface area contributed by atoms with Crippen LogP contribution in [0.3, 0.4) is 0 Å². The van der Waals surface area contributed by atoms with Crippen LogP contribution in [-0.2, 0) is 17.9 Å². The van der Waals surface area contributed by atoms with Crippen LogP contribution in [-0.4, -0.2) is 43.9 Å². The lowest BCUT2D eigenvalue weighted by Gasteiger charge is -2.21. The molecule has 0 radical (unpaired) electrons. The lowest BCUT2D eigenvalue weighted by Crippen LogP contribution is -2.33. The monoisotopic (exact) mass is 499 g/mol. The Labute approximate surface area is 214 Å². The van der Waals surface area contributed by atoms with E-state index in [0.717, 1.165) is 22.7 Å². The number of pyridine rings is 1. The summed E-state index contributed by atoms with van der Waals surface area (Å²) in [5, 5.41) is 20.1. The quantitative estimate of drug-likeness (QED) is 0.191. The fraction of sp³-hybridized carbons (Fsp3) is 0.222. The Balaban J connectivity index is 1.60. The number of hydrogen-bond acceptors (Lipinski definition) is 6. The van der Waals surface area contributed by atoms with Crippen molar-refractivity contribution in [1.82, 2.24) is 14.5 Å². The number of amidine groups is 1. The smallest absolute Gasteiger partial charge is 0.305 e. The summed E-state index contributed by atoms with van der Waals surface area (Å²) in [6, 6.07) is 17.9. The highest BCUT2D eigenvalue weighted by Gasteiger charge is 2.21. The van der Waals surface area contributed by atoms with Crippen LogP contribution in [0.2, 0.25) is 0 Å². The highest BCUT2D eigenvalue weighted by atomic mass is 16.4. The zero-order chi connectivity index (χ0) is 26.5. The fourth-order valence-corrected chi connectivity index (χ4v) is 4.11. The summed E-state index contributed by atoms with van der Waals surface area (Å²) in [6.45, 7) is 5.01. The number of hydrogen-bond donors (Lipinski definition) is 4. The summed E-state index contributed by atoms with van der Waals surface area (Å²) in [7, 11) is 0. The maximum atomic E-state index is 13.5. The molecule has 1 amide bonds. The first-order chi connectivity index (χ1) is 17.8. The molecule has 2 aromatic heterocycles. The first kappa shape index (κ1) is 25.4. The summed E-state index contributed by atoms with van der Waals surface area (Å²) in [5.74, 6) is -0.0930. The Morgan fingerprint density at radius 2 is 1.81 bits per heavy atom. The number of aryl methyl sites for hydroxylation is 2. The normalized spacial score (nSPS) is 10.9. The van der Waals surface area contributed by atoms with Gasteiger partial charge < -0.3 is 20.7 Å². The number of aliphatic carboxylic acids is 1. The standard InChI is InChI=1S/C27H29N7O3/c1-3-33-22-12-9-19(27(37)34(14-13-25(35)36)23-6-4-5-17(2)31-23)15-21(22)32-24(33)16-30-20-10-7-18(8-11-20)26(28)29/h4-12,15,30H,3,13-14,16H2,1-2H3,(H3,28,29)(H,35,36). The van der Waals surface area contributed by atoms with Crippen LogP contribution >= 0.6 is 0 Å². The Morgan fingerprint density at radius 1 is 1.08 bits per heavy atom. The number of nitrogens with two attached hydrogens (primary N) is 1. The molecule has 0 spiro atoms. The number of nitrogens with zero attached hydrogens (tertiary/aromatic N) is 4. The molecular weight excluding hydrogens is 470 g/mol. The second-order valence-corrected chi connectivity index (χ2v) is 8.56. The zero-order valence-corrected chi connectivity index (χ0v) is 20.7. The van der Waals surface area contributed by atoms with Crippen molar-refractivity contribution in [2.24, 2.45) is 5.73 Å². The number of aromatic nitrogens is 3. The first-order valence-corrected chi connectivity index (χ1v) is 11.9. The molecule has 0 atom stereocenters. The minimum absolute atomic E-state index is 0.00362. The number of nitrogens with one attached hydrogen (secondary N) is 2. The lowest BCUT2D eigenvalue weighted by molar-refractivity contribution is -0.136.